The zero-order valence-electron chi connectivity index (χ0n) is 13.0. The van der Waals surface area contributed by atoms with Crippen molar-refractivity contribution in [2.24, 2.45) is 16.6 Å². The molecule has 0 aromatic heterocycles. The van der Waals surface area contributed by atoms with Crippen molar-refractivity contribution in [2.45, 2.75) is 38.5 Å². The van der Waals surface area contributed by atoms with Gasteiger partial charge in [0.05, 0.1) is 0 Å². The van der Waals surface area contributed by atoms with Crippen molar-refractivity contribution >= 4 is 29.9 Å². The molecule has 124 valence electrons. The molecule has 0 unspecified atom stereocenters. The monoisotopic (exact) mass is 411 g/mol. The second-order valence-corrected chi connectivity index (χ2v) is 5.77. The Labute approximate surface area is 145 Å². The zero-order valence-corrected chi connectivity index (χ0v) is 15.3. The molecule has 2 heterocycles. The topological polar surface area (TPSA) is 60.1 Å². The molecule has 0 bridgehead atoms. The van der Waals surface area contributed by atoms with Gasteiger partial charge < -0.3 is 20.1 Å². The molecule has 2 fully saturated rings. The Morgan fingerprint density at radius 1 is 1.19 bits per heavy atom. The molecule has 2 rings (SSSR count). The van der Waals surface area contributed by atoms with Crippen LogP contribution in [0.2, 0.25) is 0 Å². The Bertz CT molecular complexity index is 291. The molecule has 0 spiro atoms. The van der Waals surface area contributed by atoms with Gasteiger partial charge in [0, 0.05) is 46.1 Å². The fourth-order valence-electron chi connectivity index (χ4n) is 2.75. The average Bonchev–Trinajstić information content (AvgIpc) is 2.52. The Morgan fingerprint density at radius 2 is 1.90 bits per heavy atom. The second kappa shape index (κ2) is 11.5. The summed E-state index contributed by atoms with van der Waals surface area (Å²) in [5.41, 5.74) is 6.00. The zero-order chi connectivity index (χ0) is 14.0. The summed E-state index contributed by atoms with van der Waals surface area (Å²) in [4.78, 5) is 6.65. The van der Waals surface area contributed by atoms with Crippen LogP contribution >= 0.6 is 24.0 Å². The van der Waals surface area contributed by atoms with Crippen molar-refractivity contribution in [3.63, 3.8) is 0 Å². The summed E-state index contributed by atoms with van der Waals surface area (Å²) in [6.45, 7) is 6.35. The number of rotatable bonds is 6. The Hall–Kier alpha value is -0.0800. The Kier molecular flexibility index (Phi) is 10.4. The smallest absolute Gasteiger partial charge is 0.191 e. The number of nitrogens with two attached hydrogens (primary N) is 1. The minimum Gasteiger partial charge on any atom is -0.381 e. The van der Waals surface area contributed by atoms with Crippen molar-refractivity contribution in [3.05, 3.63) is 0 Å². The average molecular weight is 411 g/mol. The molecule has 5 nitrogen and oxygen atoms in total. The van der Waals surface area contributed by atoms with E-state index in [1.807, 2.05) is 0 Å². The lowest BCUT2D eigenvalue weighted by Gasteiger charge is -2.27. The van der Waals surface area contributed by atoms with E-state index in [4.69, 9.17) is 15.2 Å². The molecule has 6 heteroatoms. The lowest BCUT2D eigenvalue weighted by molar-refractivity contribution is 0.0205. The van der Waals surface area contributed by atoms with E-state index in [2.05, 4.69) is 9.89 Å². The molecule has 0 aliphatic carbocycles. The van der Waals surface area contributed by atoms with Crippen LogP contribution in [0, 0.1) is 5.92 Å². The third-order valence-corrected chi connectivity index (χ3v) is 4.10. The van der Waals surface area contributed by atoms with Gasteiger partial charge in [-0.3, -0.25) is 4.99 Å². The first-order valence-electron chi connectivity index (χ1n) is 8.06. The maximum atomic E-state index is 6.00. The molecule has 2 aliphatic rings. The van der Waals surface area contributed by atoms with E-state index in [0.29, 0.717) is 11.9 Å². The van der Waals surface area contributed by atoms with Gasteiger partial charge in [-0.15, -0.1) is 24.0 Å². The van der Waals surface area contributed by atoms with Gasteiger partial charge in [-0.05, 0) is 44.4 Å². The van der Waals surface area contributed by atoms with Crippen LogP contribution in [-0.2, 0) is 9.47 Å². The van der Waals surface area contributed by atoms with Gasteiger partial charge in [0.15, 0.2) is 5.96 Å². The first kappa shape index (κ1) is 19.0. The summed E-state index contributed by atoms with van der Waals surface area (Å²) in [5, 5.41) is 0. The number of guanidine groups is 1. The Morgan fingerprint density at radius 3 is 2.62 bits per heavy atom. The van der Waals surface area contributed by atoms with Gasteiger partial charge in [0.25, 0.3) is 0 Å². The number of hydrogen-bond donors (Lipinski definition) is 1. The largest absolute Gasteiger partial charge is 0.381 e. The molecule has 0 amide bonds. The van der Waals surface area contributed by atoms with Crippen LogP contribution in [0.15, 0.2) is 4.99 Å². The summed E-state index contributed by atoms with van der Waals surface area (Å²) < 4.78 is 11.1. The number of aliphatic imine (C=N–C) groups is 1. The predicted octanol–water partition coefficient (Wildman–Crippen LogP) is 2.24. The molecule has 0 aromatic rings. The van der Waals surface area contributed by atoms with E-state index >= 15 is 0 Å². The molecule has 0 aromatic carbocycles. The van der Waals surface area contributed by atoms with E-state index in [9.17, 15) is 0 Å². The molecule has 21 heavy (non-hydrogen) atoms. The van der Waals surface area contributed by atoms with E-state index in [1.165, 1.54) is 19.3 Å². The fourth-order valence-corrected chi connectivity index (χ4v) is 2.75. The van der Waals surface area contributed by atoms with Crippen LogP contribution < -0.4 is 5.73 Å². The van der Waals surface area contributed by atoms with Crippen LogP contribution in [-0.4, -0.2) is 56.9 Å². The molecule has 2 N–H and O–H groups in total. The van der Waals surface area contributed by atoms with Gasteiger partial charge in [-0.1, -0.05) is 0 Å². The number of likely N-dealkylation sites (tertiary alicyclic amines) is 1. The van der Waals surface area contributed by atoms with Gasteiger partial charge in [-0.25, -0.2) is 0 Å². The molecule has 0 radical (unpaired) electrons. The van der Waals surface area contributed by atoms with Crippen LogP contribution in [0.1, 0.15) is 38.5 Å². The number of hydrogen-bond acceptors (Lipinski definition) is 3. The number of piperidine rings is 1. The van der Waals surface area contributed by atoms with E-state index in [-0.39, 0.29) is 24.0 Å². The van der Waals surface area contributed by atoms with E-state index in [0.717, 1.165) is 65.3 Å². The summed E-state index contributed by atoms with van der Waals surface area (Å²) in [5.74, 6) is 1.40. The van der Waals surface area contributed by atoms with Crippen molar-refractivity contribution in [2.75, 3.05) is 46.1 Å². The molecule has 0 atom stereocenters. The van der Waals surface area contributed by atoms with Crippen molar-refractivity contribution in [1.82, 2.24) is 4.90 Å². The predicted molar refractivity (Wildman–Crippen MR) is 96.3 cm³/mol. The maximum Gasteiger partial charge on any atom is 0.191 e. The molecule has 0 saturated carbocycles. The molecular weight excluding hydrogens is 381 g/mol. The highest BCUT2D eigenvalue weighted by molar-refractivity contribution is 14.0. The highest BCUT2D eigenvalue weighted by Crippen LogP contribution is 2.14. The number of halogens is 1. The Balaban J connectivity index is 0.00000220. The fraction of sp³-hybridized carbons (Fsp3) is 0.933. The van der Waals surface area contributed by atoms with Gasteiger partial charge >= 0.3 is 0 Å². The van der Waals surface area contributed by atoms with Crippen molar-refractivity contribution in [1.29, 1.82) is 0 Å². The third kappa shape index (κ3) is 7.65. The maximum absolute atomic E-state index is 6.00. The van der Waals surface area contributed by atoms with Crippen LogP contribution in [0.25, 0.3) is 0 Å². The number of ether oxygens (including phenoxy) is 2. The van der Waals surface area contributed by atoms with E-state index < -0.39 is 0 Å². The lowest BCUT2D eigenvalue weighted by atomic mass is 10.0. The first-order valence-corrected chi connectivity index (χ1v) is 8.06. The summed E-state index contributed by atoms with van der Waals surface area (Å²) in [6, 6.07) is 0. The second-order valence-electron chi connectivity index (χ2n) is 5.77. The summed E-state index contributed by atoms with van der Waals surface area (Å²) in [7, 11) is 0. The summed E-state index contributed by atoms with van der Waals surface area (Å²) >= 11 is 0. The van der Waals surface area contributed by atoms with Gasteiger partial charge in [-0.2, -0.15) is 0 Å². The lowest BCUT2D eigenvalue weighted by Crippen LogP contribution is -2.40. The SMILES string of the molecule is I.NC(=NCCCOCC1CCOCC1)N1CCCCC1. The van der Waals surface area contributed by atoms with Crippen LogP contribution in [0.4, 0.5) is 0 Å². The van der Waals surface area contributed by atoms with Gasteiger partial charge in [0.1, 0.15) is 0 Å². The van der Waals surface area contributed by atoms with Crippen LogP contribution in [0.3, 0.4) is 0 Å². The molecular formula is C15H30IN3O2. The third-order valence-electron chi connectivity index (χ3n) is 4.10. The molecule has 2 saturated heterocycles. The van der Waals surface area contributed by atoms with Crippen molar-refractivity contribution in [3.8, 4) is 0 Å². The quantitative estimate of drug-likeness (QED) is 0.315. The molecule has 2 aliphatic heterocycles. The minimum absolute atomic E-state index is 0. The minimum atomic E-state index is 0. The highest BCUT2D eigenvalue weighted by Gasteiger charge is 2.13. The van der Waals surface area contributed by atoms with Crippen molar-refractivity contribution < 1.29 is 9.47 Å². The van der Waals surface area contributed by atoms with Crippen LogP contribution in [0.5, 0.6) is 0 Å². The number of nitrogens with zero attached hydrogens (tertiary/aromatic N) is 2. The van der Waals surface area contributed by atoms with E-state index in [1.54, 1.807) is 0 Å². The normalized spacial score (nSPS) is 21.1. The van der Waals surface area contributed by atoms with Gasteiger partial charge in [0.2, 0.25) is 0 Å². The summed E-state index contributed by atoms with van der Waals surface area (Å²) in [6.07, 6.45) is 7.04. The first-order chi connectivity index (χ1) is 9.86. The standard InChI is InChI=1S/C15H29N3O2.HI/c16-15(18-8-2-1-3-9-18)17-7-4-10-20-13-14-5-11-19-12-6-14;/h14H,1-13H2,(H2,16,17);1H. The highest BCUT2D eigenvalue weighted by atomic mass is 127.